The zero-order chi connectivity index (χ0) is 9.31. The van der Waals surface area contributed by atoms with E-state index < -0.39 is 5.79 Å². The van der Waals surface area contributed by atoms with Gasteiger partial charge in [0.2, 0.25) is 0 Å². The molecule has 0 unspecified atom stereocenters. The number of rotatable bonds is 1. The fraction of sp³-hybridized carbons (Fsp3) is 0.222. The quantitative estimate of drug-likeness (QED) is 0.693. The molecule has 1 aliphatic heterocycles. The highest BCUT2D eigenvalue weighted by molar-refractivity contribution is 6.30. The second-order valence-electron chi connectivity index (χ2n) is 2.81. The summed E-state index contributed by atoms with van der Waals surface area (Å²) >= 11 is 5.81. The minimum atomic E-state index is -0.828. The van der Waals surface area contributed by atoms with Crippen LogP contribution in [0.15, 0.2) is 30.9 Å². The number of pyridine rings is 1. The smallest absolute Gasteiger partial charge is 0.290 e. The summed E-state index contributed by atoms with van der Waals surface area (Å²) in [4.78, 5) is 4.12. The molecule has 1 aliphatic rings. The van der Waals surface area contributed by atoms with E-state index in [0.717, 1.165) is 0 Å². The van der Waals surface area contributed by atoms with Gasteiger partial charge in [-0.25, -0.2) is 0 Å². The molecule has 0 fully saturated rings. The standard InChI is InChI=1S/C9H8ClNO2/c1-9(12-4-5-13-9)8-6-7(10)2-3-11-8/h2-6H,1H3. The summed E-state index contributed by atoms with van der Waals surface area (Å²) in [6.07, 6.45) is 4.60. The minimum Gasteiger partial charge on any atom is -0.452 e. The van der Waals surface area contributed by atoms with Gasteiger partial charge in [0.1, 0.15) is 18.2 Å². The van der Waals surface area contributed by atoms with Gasteiger partial charge in [0, 0.05) is 18.1 Å². The lowest BCUT2D eigenvalue weighted by Crippen LogP contribution is -2.23. The van der Waals surface area contributed by atoms with Gasteiger partial charge in [-0.15, -0.1) is 0 Å². The molecular weight excluding hydrogens is 190 g/mol. The Kier molecular flexibility index (Phi) is 1.88. The van der Waals surface area contributed by atoms with Crippen LogP contribution in [0.4, 0.5) is 0 Å². The molecule has 0 saturated carbocycles. The molecule has 0 amide bonds. The van der Waals surface area contributed by atoms with E-state index in [1.807, 2.05) is 0 Å². The fourth-order valence-electron chi connectivity index (χ4n) is 1.12. The third-order valence-corrected chi connectivity index (χ3v) is 2.06. The Morgan fingerprint density at radius 2 is 2.08 bits per heavy atom. The SMILES string of the molecule is CC1(c2cc(Cl)ccn2)OC=CO1. The van der Waals surface area contributed by atoms with Gasteiger partial charge in [-0.3, -0.25) is 4.98 Å². The Balaban J connectivity index is 2.35. The Morgan fingerprint density at radius 1 is 1.38 bits per heavy atom. The molecule has 0 aliphatic carbocycles. The maximum atomic E-state index is 5.81. The van der Waals surface area contributed by atoms with Crippen LogP contribution in [0, 0.1) is 0 Å². The third kappa shape index (κ3) is 1.47. The summed E-state index contributed by atoms with van der Waals surface area (Å²) in [5, 5.41) is 0.616. The molecule has 0 spiro atoms. The van der Waals surface area contributed by atoms with Crippen molar-refractivity contribution in [3.05, 3.63) is 41.6 Å². The van der Waals surface area contributed by atoms with Gasteiger partial charge in [-0.05, 0) is 12.1 Å². The normalized spacial score (nSPS) is 18.0. The first-order valence-corrected chi connectivity index (χ1v) is 4.21. The average Bonchev–Trinajstić information content (AvgIpc) is 2.54. The summed E-state index contributed by atoms with van der Waals surface area (Å²) in [5.74, 6) is -0.828. The van der Waals surface area contributed by atoms with Crippen molar-refractivity contribution in [3.8, 4) is 0 Å². The Morgan fingerprint density at radius 3 is 2.69 bits per heavy atom. The second-order valence-corrected chi connectivity index (χ2v) is 3.25. The van der Waals surface area contributed by atoms with Crippen molar-refractivity contribution in [2.45, 2.75) is 12.7 Å². The van der Waals surface area contributed by atoms with Crippen LogP contribution in [0.3, 0.4) is 0 Å². The van der Waals surface area contributed by atoms with Crippen LogP contribution in [0.25, 0.3) is 0 Å². The number of aromatic nitrogens is 1. The molecule has 0 bridgehead atoms. The van der Waals surface area contributed by atoms with Crippen molar-refractivity contribution >= 4 is 11.6 Å². The Hall–Kier alpha value is -1.22. The first-order valence-electron chi connectivity index (χ1n) is 3.83. The van der Waals surface area contributed by atoms with Crippen LogP contribution in [-0.2, 0) is 15.3 Å². The average molecular weight is 198 g/mol. The molecule has 1 aromatic heterocycles. The zero-order valence-electron chi connectivity index (χ0n) is 7.03. The Bertz CT molecular complexity index is 343. The lowest BCUT2D eigenvalue weighted by Gasteiger charge is -2.21. The summed E-state index contributed by atoms with van der Waals surface area (Å²) in [7, 11) is 0. The van der Waals surface area contributed by atoms with Crippen molar-refractivity contribution in [1.29, 1.82) is 0 Å². The predicted octanol–water partition coefficient (Wildman–Crippen LogP) is 2.43. The second kappa shape index (κ2) is 2.92. The van der Waals surface area contributed by atoms with Gasteiger partial charge in [0.25, 0.3) is 5.79 Å². The van der Waals surface area contributed by atoms with E-state index in [4.69, 9.17) is 21.1 Å². The van der Waals surface area contributed by atoms with Crippen LogP contribution < -0.4 is 0 Å². The van der Waals surface area contributed by atoms with Gasteiger partial charge in [-0.1, -0.05) is 11.6 Å². The largest absolute Gasteiger partial charge is 0.452 e. The van der Waals surface area contributed by atoms with E-state index in [9.17, 15) is 0 Å². The molecule has 0 N–H and O–H groups in total. The van der Waals surface area contributed by atoms with Crippen molar-refractivity contribution in [2.24, 2.45) is 0 Å². The van der Waals surface area contributed by atoms with Gasteiger partial charge < -0.3 is 9.47 Å². The highest BCUT2D eigenvalue weighted by Crippen LogP contribution is 2.30. The maximum Gasteiger partial charge on any atom is 0.290 e. The van der Waals surface area contributed by atoms with Gasteiger partial charge in [0.15, 0.2) is 0 Å². The van der Waals surface area contributed by atoms with Crippen LogP contribution >= 0.6 is 11.6 Å². The van der Waals surface area contributed by atoms with Gasteiger partial charge in [-0.2, -0.15) is 0 Å². The highest BCUT2D eigenvalue weighted by atomic mass is 35.5. The van der Waals surface area contributed by atoms with Crippen molar-refractivity contribution < 1.29 is 9.47 Å². The molecule has 2 heterocycles. The summed E-state index contributed by atoms with van der Waals surface area (Å²) in [5.41, 5.74) is 0.657. The topological polar surface area (TPSA) is 31.4 Å². The lowest BCUT2D eigenvalue weighted by atomic mass is 10.2. The maximum absolute atomic E-state index is 5.81. The summed E-state index contributed by atoms with van der Waals surface area (Å²) in [6.45, 7) is 1.78. The molecule has 2 rings (SSSR count). The van der Waals surface area contributed by atoms with E-state index in [2.05, 4.69) is 4.98 Å². The fourth-order valence-corrected chi connectivity index (χ4v) is 1.28. The van der Waals surface area contributed by atoms with Crippen molar-refractivity contribution in [2.75, 3.05) is 0 Å². The van der Waals surface area contributed by atoms with Crippen LogP contribution in [0.5, 0.6) is 0 Å². The monoisotopic (exact) mass is 197 g/mol. The van der Waals surface area contributed by atoms with Gasteiger partial charge in [0.05, 0.1) is 0 Å². The van der Waals surface area contributed by atoms with Crippen molar-refractivity contribution in [3.63, 3.8) is 0 Å². The van der Waals surface area contributed by atoms with Gasteiger partial charge >= 0.3 is 0 Å². The van der Waals surface area contributed by atoms with E-state index in [1.54, 1.807) is 25.3 Å². The number of halogens is 1. The van der Waals surface area contributed by atoms with Crippen LogP contribution in [0.2, 0.25) is 5.02 Å². The molecule has 3 nitrogen and oxygen atoms in total. The van der Waals surface area contributed by atoms with E-state index in [0.29, 0.717) is 10.7 Å². The lowest BCUT2D eigenvalue weighted by molar-refractivity contribution is -0.136. The van der Waals surface area contributed by atoms with Crippen molar-refractivity contribution in [1.82, 2.24) is 4.98 Å². The number of nitrogens with zero attached hydrogens (tertiary/aromatic N) is 1. The predicted molar refractivity (Wildman–Crippen MR) is 47.9 cm³/mol. The number of hydrogen-bond acceptors (Lipinski definition) is 3. The molecule has 0 aromatic carbocycles. The summed E-state index contributed by atoms with van der Waals surface area (Å²) < 4.78 is 10.5. The van der Waals surface area contributed by atoms with Crippen LogP contribution in [-0.4, -0.2) is 4.98 Å². The molecule has 0 atom stereocenters. The first-order chi connectivity index (χ1) is 6.21. The Labute approximate surface area is 80.9 Å². The molecule has 13 heavy (non-hydrogen) atoms. The van der Waals surface area contributed by atoms with Crippen LogP contribution in [0.1, 0.15) is 12.6 Å². The van der Waals surface area contributed by atoms with E-state index in [1.165, 1.54) is 12.5 Å². The molecule has 0 saturated heterocycles. The first kappa shape index (κ1) is 8.38. The third-order valence-electron chi connectivity index (χ3n) is 1.83. The molecule has 4 heteroatoms. The minimum absolute atomic E-state index is 0.616. The molecular formula is C9H8ClNO2. The zero-order valence-corrected chi connectivity index (χ0v) is 7.78. The molecule has 1 aromatic rings. The number of ether oxygens (including phenoxy) is 2. The highest BCUT2D eigenvalue weighted by Gasteiger charge is 2.33. The summed E-state index contributed by atoms with van der Waals surface area (Å²) in [6, 6.07) is 3.42. The molecule has 0 radical (unpaired) electrons. The van der Waals surface area contributed by atoms with E-state index in [-0.39, 0.29) is 0 Å². The van der Waals surface area contributed by atoms with E-state index >= 15 is 0 Å². The number of hydrogen-bond donors (Lipinski definition) is 0. The molecule has 68 valence electrons.